The van der Waals surface area contributed by atoms with Gasteiger partial charge in [-0.3, -0.25) is 0 Å². The van der Waals surface area contributed by atoms with Gasteiger partial charge in [0.15, 0.2) is 0 Å². The minimum Gasteiger partial charge on any atom is -0.496 e. The maximum atomic E-state index is 11.2. The Balaban J connectivity index is 1.65. The third-order valence-electron chi connectivity index (χ3n) is 4.75. The number of rotatable bonds is 6. The van der Waals surface area contributed by atoms with E-state index in [0.29, 0.717) is 11.4 Å². The van der Waals surface area contributed by atoms with Crippen LogP contribution in [0, 0.1) is 0 Å². The van der Waals surface area contributed by atoms with E-state index in [1.54, 1.807) is 43.3 Å². The summed E-state index contributed by atoms with van der Waals surface area (Å²) in [5, 5.41) is 17.5. The van der Waals surface area contributed by atoms with E-state index in [4.69, 9.17) is 9.47 Å². The van der Waals surface area contributed by atoms with Gasteiger partial charge in [0.25, 0.3) is 0 Å². The fourth-order valence-electron chi connectivity index (χ4n) is 3.25. The summed E-state index contributed by atoms with van der Waals surface area (Å²) in [6, 6.07) is 20.0. The zero-order valence-corrected chi connectivity index (χ0v) is 16.4. The molecule has 1 N–H and O–H groups in total. The van der Waals surface area contributed by atoms with Crippen LogP contribution in [0.5, 0.6) is 11.5 Å². The Labute approximate surface area is 173 Å². The third kappa shape index (κ3) is 3.60. The predicted molar refractivity (Wildman–Crippen MR) is 112 cm³/mol. The number of ether oxygens (including phenoxy) is 2. The Morgan fingerprint density at radius 3 is 2.17 bits per heavy atom. The first-order chi connectivity index (χ1) is 14.6. The molecule has 0 aliphatic carbocycles. The van der Waals surface area contributed by atoms with Crippen LogP contribution in [-0.2, 0) is 0 Å². The van der Waals surface area contributed by atoms with Crippen molar-refractivity contribution in [2.45, 2.75) is 0 Å². The summed E-state index contributed by atoms with van der Waals surface area (Å²) in [6.45, 7) is 0. The number of methoxy groups -OCH3 is 2. The van der Waals surface area contributed by atoms with Crippen LogP contribution in [0.15, 0.2) is 72.9 Å². The molecule has 1 heterocycles. The molecule has 7 nitrogen and oxygen atoms in total. The van der Waals surface area contributed by atoms with Crippen molar-refractivity contribution in [3.05, 3.63) is 78.5 Å². The molecule has 30 heavy (non-hydrogen) atoms. The average molecular weight is 401 g/mol. The summed E-state index contributed by atoms with van der Waals surface area (Å²) in [5.41, 5.74) is 4.21. The van der Waals surface area contributed by atoms with E-state index >= 15 is 0 Å². The van der Waals surface area contributed by atoms with Crippen LogP contribution >= 0.6 is 0 Å². The molecule has 0 saturated carbocycles. The monoisotopic (exact) mass is 401 g/mol. The molecule has 150 valence electrons. The van der Waals surface area contributed by atoms with E-state index in [1.807, 2.05) is 42.5 Å². The van der Waals surface area contributed by atoms with E-state index in [-0.39, 0.29) is 5.56 Å². The molecule has 4 rings (SSSR count). The van der Waals surface area contributed by atoms with Gasteiger partial charge in [0.1, 0.15) is 17.2 Å². The number of hydrogen-bond donors (Lipinski definition) is 1. The van der Waals surface area contributed by atoms with Crippen molar-refractivity contribution >= 4 is 5.97 Å². The van der Waals surface area contributed by atoms with E-state index in [0.717, 1.165) is 28.2 Å². The molecule has 0 bridgehead atoms. The second kappa shape index (κ2) is 8.08. The quantitative estimate of drug-likeness (QED) is 0.518. The fourth-order valence-corrected chi connectivity index (χ4v) is 3.25. The second-order valence-corrected chi connectivity index (χ2v) is 6.52. The number of carboxylic acid groups (broad SMARTS) is 1. The van der Waals surface area contributed by atoms with Crippen LogP contribution in [0.1, 0.15) is 10.4 Å². The van der Waals surface area contributed by atoms with Gasteiger partial charge in [-0.05, 0) is 35.9 Å². The molecule has 1 aromatic heterocycles. The lowest BCUT2D eigenvalue weighted by molar-refractivity contribution is 0.0697. The number of nitrogens with zero attached hydrogens (tertiary/aromatic N) is 3. The number of carbonyl (C=O) groups is 1. The van der Waals surface area contributed by atoms with Gasteiger partial charge in [-0.1, -0.05) is 41.6 Å². The lowest BCUT2D eigenvalue weighted by Gasteiger charge is -2.13. The first-order valence-electron chi connectivity index (χ1n) is 9.18. The van der Waals surface area contributed by atoms with Gasteiger partial charge < -0.3 is 14.6 Å². The maximum absolute atomic E-state index is 11.2. The summed E-state index contributed by atoms with van der Waals surface area (Å²) in [4.78, 5) is 11.2. The Hall–Kier alpha value is -4.13. The topological polar surface area (TPSA) is 86.5 Å². The molecule has 0 radical (unpaired) electrons. The molecule has 0 fully saturated rings. The van der Waals surface area contributed by atoms with Crippen LogP contribution < -0.4 is 9.47 Å². The summed E-state index contributed by atoms with van der Waals surface area (Å²) in [6.07, 6.45) is 1.76. The SMILES string of the molecule is COc1cccc(OC)c1-c1ccc(-c2cn(-c3cccc(C(=O)O)c3)nn2)cc1. The Bertz CT molecular complexity index is 1180. The van der Waals surface area contributed by atoms with E-state index in [1.165, 1.54) is 6.07 Å². The number of hydrogen-bond acceptors (Lipinski definition) is 5. The molecule has 0 amide bonds. The molecule has 0 saturated heterocycles. The van der Waals surface area contributed by atoms with E-state index < -0.39 is 5.97 Å². The summed E-state index contributed by atoms with van der Waals surface area (Å²) in [7, 11) is 3.26. The van der Waals surface area contributed by atoms with E-state index in [9.17, 15) is 9.90 Å². The van der Waals surface area contributed by atoms with Crippen molar-refractivity contribution in [3.8, 4) is 39.6 Å². The van der Waals surface area contributed by atoms with Gasteiger partial charge >= 0.3 is 5.97 Å². The molecule has 0 unspecified atom stereocenters. The average Bonchev–Trinajstić information content (AvgIpc) is 3.29. The number of carboxylic acids is 1. The zero-order valence-electron chi connectivity index (χ0n) is 16.4. The van der Waals surface area contributed by atoms with Crippen molar-refractivity contribution in [1.82, 2.24) is 15.0 Å². The lowest BCUT2D eigenvalue weighted by atomic mass is 10.0. The molecule has 4 aromatic rings. The fraction of sp³-hybridized carbons (Fsp3) is 0.0870. The molecular formula is C23H19N3O4. The molecule has 0 aliphatic heterocycles. The van der Waals surface area contributed by atoms with Gasteiger partial charge in [-0.25, -0.2) is 9.48 Å². The molecular weight excluding hydrogens is 382 g/mol. The zero-order chi connectivity index (χ0) is 21.1. The van der Waals surface area contributed by atoms with Crippen LogP contribution in [0.25, 0.3) is 28.1 Å². The molecule has 0 aliphatic rings. The standard InChI is InChI=1S/C23H19N3O4/c1-29-20-7-4-8-21(30-2)22(20)16-11-9-15(10-12-16)19-14-26(25-24-19)18-6-3-5-17(13-18)23(27)28/h3-14H,1-2H3,(H,27,28). The number of benzene rings is 3. The number of aromatic nitrogens is 3. The van der Waals surface area contributed by atoms with Crippen LogP contribution in [0.2, 0.25) is 0 Å². The van der Waals surface area contributed by atoms with Gasteiger partial charge in [-0.2, -0.15) is 0 Å². The highest BCUT2D eigenvalue weighted by Crippen LogP contribution is 2.38. The predicted octanol–water partition coefficient (Wildman–Crippen LogP) is 4.32. The summed E-state index contributed by atoms with van der Waals surface area (Å²) >= 11 is 0. The van der Waals surface area contributed by atoms with Crippen molar-refractivity contribution in [2.75, 3.05) is 14.2 Å². The Morgan fingerprint density at radius 1 is 0.900 bits per heavy atom. The van der Waals surface area contributed by atoms with E-state index in [2.05, 4.69) is 10.3 Å². The van der Waals surface area contributed by atoms with Crippen molar-refractivity contribution in [1.29, 1.82) is 0 Å². The Morgan fingerprint density at radius 2 is 1.53 bits per heavy atom. The van der Waals surface area contributed by atoms with Gasteiger partial charge in [0.2, 0.25) is 0 Å². The first-order valence-corrected chi connectivity index (χ1v) is 9.18. The highest BCUT2D eigenvalue weighted by atomic mass is 16.5. The van der Waals surface area contributed by atoms with Gasteiger partial charge in [0.05, 0.1) is 37.2 Å². The van der Waals surface area contributed by atoms with Crippen LogP contribution in [-0.4, -0.2) is 40.3 Å². The van der Waals surface area contributed by atoms with Crippen molar-refractivity contribution < 1.29 is 19.4 Å². The number of aromatic carboxylic acids is 1. The Kier molecular flexibility index (Phi) is 5.17. The second-order valence-electron chi connectivity index (χ2n) is 6.52. The summed E-state index contributed by atoms with van der Waals surface area (Å²) in [5.74, 6) is 0.470. The maximum Gasteiger partial charge on any atom is 0.335 e. The minimum absolute atomic E-state index is 0.194. The van der Waals surface area contributed by atoms with Crippen molar-refractivity contribution in [3.63, 3.8) is 0 Å². The highest BCUT2D eigenvalue weighted by Gasteiger charge is 2.13. The van der Waals surface area contributed by atoms with Crippen molar-refractivity contribution in [2.24, 2.45) is 0 Å². The molecule has 7 heteroatoms. The normalized spacial score (nSPS) is 10.6. The third-order valence-corrected chi connectivity index (χ3v) is 4.75. The first kappa shape index (κ1) is 19.2. The molecule has 0 atom stereocenters. The van der Waals surface area contributed by atoms with Gasteiger partial charge in [0, 0.05) is 5.56 Å². The van der Waals surface area contributed by atoms with Crippen LogP contribution in [0.4, 0.5) is 0 Å². The smallest absolute Gasteiger partial charge is 0.335 e. The lowest BCUT2D eigenvalue weighted by Crippen LogP contribution is -2.00. The van der Waals surface area contributed by atoms with Gasteiger partial charge in [-0.15, -0.1) is 5.10 Å². The minimum atomic E-state index is -0.987. The largest absolute Gasteiger partial charge is 0.496 e. The van der Waals surface area contributed by atoms with Crippen LogP contribution in [0.3, 0.4) is 0 Å². The molecule has 0 spiro atoms. The highest BCUT2D eigenvalue weighted by molar-refractivity contribution is 5.88. The summed E-state index contributed by atoms with van der Waals surface area (Å²) < 4.78 is 12.5. The molecule has 3 aromatic carbocycles.